The number of nitrogens with one attached hydrogen (secondary N) is 2. The number of anilines is 1. The van der Waals surface area contributed by atoms with E-state index in [9.17, 15) is 18.3 Å². The molecule has 9 heteroatoms. The third-order valence-electron chi connectivity index (χ3n) is 6.39. The summed E-state index contributed by atoms with van der Waals surface area (Å²) in [4.78, 5) is 1.63. The Morgan fingerprint density at radius 2 is 1.82 bits per heavy atom. The van der Waals surface area contributed by atoms with Crippen LogP contribution in [-0.4, -0.2) is 36.7 Å². The van der Waals surface area contributed by atoms with Gasteiger partial charge in [-0.3, -0.25) is 5.41 Å². The lowest BCUT2D eigenvalue weighted by Gasteiger charge is -2.30. The second-order valence-electron chi connectivity index (χ2n) is 9.17. The molecular weight excluding hydrogens is 493 g/mol. The van der Waals surface area contributed by atoms with Gasteiger partial charge in [0.25, 0.3) is 0 Å². The molecule has 0 unspecified atom stereocenters. The van der Waals surface area contributed by atoms with Gasteiger partial charge < -0.3 is 25.8 Å². The van der Waals surface area contributed by atoms with Gasteiger partial charge in [0.05, 0.1) is 5.69 Å². The summed E-state index contributed by atoms with van der Waals surface area (Å²) in [6.07, 6.45) is -0.343. The molecule has 0 aliphatic carbocycles. The molecule has 0 aromatic heterocycles. The number of nitrogens with two attached hydrogens (primary N) is 1. The van der Waals surface area contributed by atoms with Crippen LogP contribution in [0.2, 0.25) is 0 Å². The van der Waals surface area contributed by atoms with E-state index < -0.39 is 11.7 Å². The Bertz CT molecular complexity index is 1270. The minimum Gasteiger partial charge on any atom is -0.507 e. The third kappa shape index (κ3) is 6.86. The maximum absolute atomic E-state index is 14.5. The Balaban J connectivity index is 1.70. The Kier molecular flexibility index (Phi) is 8.58. The van der Waals surface area contributed by atoms with Crippen molar-refractivity contribution >= 4 is 17.6 Å². The van der Waals surface area contributed by atoms with E-state index in [1.165, 1.54) is 24.3 Å². The largest absolute Gasteiger partial charge is 0.507 e. The molecule has 6 nitrogen and oxygen atoms in total. The van der Waals surface area contributed by atoms with Gasteiger partial charge in [0, 0.05) is 24.2 Å². The summed E-state index contributed by atoms with van der Waals surface area (Å²) < 4.78 is 49.5. The highest BCUT2D eigenvalue weighted by Gasteiger charge is 2.39. The highest BCUT2D eigenvalue weighted by atomic mass is 19.4. The van der Waals surface area contributed by atoms with Crippen molar-refractivity contribution in [1.82, 2.24) is 5.32 Å². The summed E-state index contributed by atoms with van der Waals surface area (Å²) in [7, 11) is 0. The smallest absolute Gasteiger partial charge is 0.421 e. The van der Waals surface area contributed by atoms with Crippen molar-refractivity contribution in [1.29, 1.82) is 5.41 Å². The Labute approximate surface area is 220 Å². The zero-order valence-electron chi connectivity index (χ0n) is 20.8. The molecule has 0 spiro atoms. The molecule has 0 bridgehead atoms. The molecule has 1 aliphatic heterocycles. The molecule has 38 heavy (non-hydrogen) atoms. The lowest BCUT2D eigenvalue weighted by Crippen LogP contribution is -2.34. The molecular formula is C29H31F3N4O2. The predicted molar refractivity (Wildman–Crippen MR) is 144 cm³/mol. The number of amidine groups is 1. The third-order valence-corrected chi connectivity index (χ3v) is 6.39. The SMILES string of the molecule is N=C(N)c1ccc(O)c(/C=C\CN(Cc2ccccc2)c2cccc(OC3CCNCC3)c2C(F)(F)F)c1. The van der Waals surface area contributed by atoms with Crippen LogP contribution >= 0.6 is 0 Å². The van der Waals surface area contributed by atoms with Crippen LogP contribution in [0.5, 0.6) is 11.5 Å². The molecule has 0 amide bonds. The van der Waals surface area contributed by atoms with Crippen LogP contribution in [0.3, 0.4) is 0 Å². The standard InChI is InChI=1S/C29H31F3N4O2/c30-29(31,32)27-24(9-4-10-26(27)38-23-13-15-35-16-14-23)36(19-20-6-2-1-3-7-20)17-5-8-21-18-22(28(33)34)11-12-25(21)37/h1-12,18,23,35,37H,13-17,19H2,(H3,33,34)/b8-5-. The Morgan fingerprint density at radius 3 is 2.50 bits per heavy atom. The topological polar surface area (TPSA) is 94.6 Å². The fraction of sp³-hybridized carbons (Fsp3) is 0.276. The van der Waals surface area contributed by atoms with Gasteiger partial charge in [0.1, 0.15) is 29.0 Å². The lowest BCUT2D eigenvalue weighted by atomic mass is 10.1. The number of rotatable bonds is 9. The number of benzene rings is 3. The number of hydrogen-bond donors (Lipinski definition) is 4. The molecule has 0 saturated carbocycles. The number of piperidine rings is 1. The van der Waals surface area contributed by atoms with Gasteiger partial charge in [0.15, 0.2) is 0 Å². The zero-order valence-corrected chi connectivity index (χ0v) is 20.8. The number of aromatic hydroxyl groups is 1. The van der Waals surface area contributed by atoms with Gasteiger partial charge in [-0.15, -0.1) is 0 Å². The normalized spacial score (nSPS) is 14.5. The molecule has 3 aromatic rings. The first-order chi connectivity index (χ1) is 18.2. The fourth-order valence-corrected chi connectivity index (χ4v) is 4.47. The summed E-state index contributed by atoms with van der Waals surface area (Å²) in [5.41, 5.74) is 6.47. The van der Waals surface area contributed by atoms with Gasteiger partial charge >= 0.3 is 6.18 Å². The van der Waals surface area contributed by atoms with Gasteiger partial charge in [-0.2, -0.15) is 13.2 Å². The zero-order chi connectivity index (χ0) is 27.1. The first kappa shape index (κ1) is 27.1. The molecule has 1 aliphatic rings. The first-order valence-electron chi connectivity index (χ1n) is 12.4. The highest BCUT2D eigenvalue weighted by Crippen LogP contribution is 2.44. The lowest BCUT2D eigenvalue weighted by molar-refractivity contribution is -0.138. The number of halogens is 3. The van der Waals surface area contributed by atoms with E-state index in [0.29, 0.717) is 37.1 Å². The summed E-state index contributed by atoms with van der Waals surface area (Å²) >= 11 is 0. The average Bonchev–Trinajstić information content (AvgIpc) is 2.89. The van der Waals surface area contributed by atoms with E-state index in [1.54, 1.807) is 29.2 Å². The van der Waals surface area contributed by atoms with Crippen LogP contribution in [-0.2, 0) is 12.7 Å². The van der Waals surface area contributed by atoms with Gasteiger partial charge in [-0.25, -0.2) is 0 Å². The van der Waals surface area contributed by atoms with E-state index in [0.717, 1.165) is 5.56 Å². The monoisotopic (exact) mass is 524 g/mol. The van der Waals surface area contributed by atoms with E-state index in [2.05, 4.69) is 5.32 Å². The predicted octanol–water partition coefficient (Wildman–Crippen LogP) is 5.55. The molecule has 0 atom stereocenters. The van der Waals surface area contributed by atoms with E-state index in [-0.39, 0.29) is 42.2 Å². The fourth-order valence-electron chi connectivity index (χ4n) is 4.47. The van der Waals surface area contributed by atoms with Crippen molar-refractivity contribution in [3.05, 3.63) is 95.1 Å². The second kappa shape index (κ2) is 12.0. The van der Waals surface area contributed by atoms with Gasteiger partial charge in [-0.1, -0.05) is 48.6 Å². The molecule has 5 N–H and O–H groups in total. The molecule has 1 heterocycles. The van der Waals surface area contributed by atoms with E-state index in [1.807, 2.05) is 30.3 Å². The van der Waals surface area contributed by atoms with E-state index in [4.69, 9.17) is 15.9 Å². The van der Waals surface area contributed by atoms with E-state index >= 15 is 0 Å². The van der Waals surface area contributed by atoms with Crippen molar-refractivity contribution in [2.45, 2.75) is 31.7 Å². The van der Waals surface area contributed by atoms with Gasteiger partial charge in [0.2, 0.25) is 0 Å². The van der Waals surface area contributed by atoms with Crippen molar-refractivity contribution in [2.24, 2.45) is 5.73 Å². The minimum atomic E-state index is -4.63. The molecule has 1 saturated heterocycles. The maximum atomic E-state index is 14.5. The second-order valence-corrected chi connectivity index (χ2v) is 9.17. The average molecular weight is 525 g/mol. The molecule has 4 rings (SSSR count). The van der Waals surface area contributed by atoms with Crippen LogP contribution in [0, 0.1) is 5.41 Å². The quantitative estimate of drug-likeness (QED) is 0.218. The maximum Gasteiger partial charge on any atom is 0.421 e. The Morgan fingerprint density at radius 1 is 1.08 bits per heavy atom. The van der Waals surface area contributed by atoms with Crippen LogP contribution in [0.1, 0.15) is 35.1 Å². The van der Waals surface area contributed by atoms with Crippen molar-refractivity contribution in [2.75, 3.05) is 24.5 Å². The van der Waals surface area contributed by atoms with Crippen LogP contribution in [0.4, 0.5) is 18.9 Å². The first-order valence-corrected chi connectivity index (χ1v) is 12.4. The Hall–Kier alpha value is -3.98. The summed E-state index contributed by atoms with van der Waals surface area (Å²) in [5.74, 6) is -0.337. The van der Waals surface area contributed by atoms with Crippen molar-refractivity contribution in [3.8, 4) is 11.5 Å². The number of hydrogen-bond acceptors (Lipinski definition) is 5. The van der Waals surface area contributed by atoms with Crippen LogP contribution < -0.4 is 20.7 Å². The number of phenolic OH excluding ortho intramolecular Hbond substituents is 1. The number of ether oxygens (including phenoxy) is 1. The molecule has 0 radical (unpaired) electrons. The molecule has 3 aromatic carbocycles. The van der Waals surface area contributed by atoms with Crippen molar-refractivity contribution < 1.29 is 23.0 Å². The van der Waals surface area contributed by atoms with Gasteiger partial charge in [-0.05, 0) is 61.8 Å². The molecule has 200 valence electrons. The summed E-state index contributed by atoms with van der Waals surface area (Å²) in [5, 5.41) is 21.1. The van der Waals surface area contributed by atoms with Crippen molar-refractivity contribution in [3.63, 3.8) is 0 Å². The number of nitrogens with zero attached hydrogens (tertiary/aromatic N) is 1. The molecule has 1 fully saturated rings. The minimum absolute atomic E-state index is 0.0131. The highest BCUT2D eigenvalue weighted by molar-refractivity contribution is 5.95. The summed E-state index contributed by atoms with van der Waals surface area (Å²) in [6, 6.07) is 18.2. The number of nitrogen functional groups attached to an aromatic ring is 1. The van der Waals surface area contributed by atoms with Crippen LogP contribution in [0.15, 0.2) is 72.8 Å². The van der Waals surface area contributed by atoms with Crippen LogP contribution in [0.25, 0.3) is 6.08 Å². The number of phenols is 1. The number of alkyl halides is 3. The summed E-state index contributed by atoms with van der Waals surface area (Å²) in [6.45, 7) is 1.76.